The van der Waals surface area contributed by atoms with E-state index in [1.54, 1.807) is 28.6 Å². The Kier molecular flexibility index (Phi) is 10.6. The Balaban J connectivity index is 1.44. The zero-order chi connectivity index (χ0) is 34.1. The van der Waals surface area contributed by atoms with E-state index in [1.165, 1.54) is 13.2 Å². The fourth-order valence-electron chi connectivity index (χ4n) is 7.48. The van der Waals surface area contributed by atoms with E-state index in [1.807, 2.05) is 0 Å². The molecule has 2 amide bonds. The number of carbonyl (C=O) groups excluding carboxylic acids is 1. The highest BCUT2D eigenvalue weighted by Crippen LogP contribution is 2.51. The maximum atomic E-state index is 15.3. The Hall–Kier alpha value is -2.69. The number of carboxylic acid groups (broad SMARTS) is 1. The van der Waals surface area contributed by atoms with Crippen molar-refractivity contribution in [2.24, 2.45) is 5.92 Å². The third-order valence-electron chi connectivity index (χ3n) is 10.0. The van der Waals surface area contributed by atoms with Gasteiger partial charge in [-0.05, 0) is 69.1 Å². The second-order valence-corrected chi connectivity index (χ2v) is 15.4. The zero-order valence-electron chi connectivity index (χ0n) is 25.8. The van der Waals surface area contributed by atoms with Crippen LogP contribution < -0.4 is 10.6 Å². The molecule has 2 aliphatic heterocycles. The number of aromatic nitrogens is 1. The van der Waals surface area contributed by atoms with Crippen LogP contribution in [0.4, 0.5) is 28.0 Å². The van der Waals surface area contributed by atoms with Crippen LogP contribution in [0.1, 0.15) is 56.1 Å². The molecule has 4 atom stereocenters. The average molecular weight is 706 g/mol. The number of likely N-dealkylation sites (N-methyl/N-ethyl adjacent to an activating group) is 1. The van der Waals surface area contributed by atoms with Gasteiger partial charge in [-0.2, -0.15) is 13.2 Å². The van der Waals surface area contributed by atoms with Crippen molar-refractivity contribution in [3.05, 3.63) is 58.6 Å². The number of alkyl halides is 3. The summed E-state index contributed by atoms with van der Waals surface area (Å²) >= 11 is 6.10. The fraction of sp³-hybridized carbons (Fsp3) is 0.581. The second-order valence-electron chi connectivity index (χ2n) is 12.8. The third-order valence-corrected chi connectivity index (χ3v) is 12.3. The van der Waals surface area contributed by atoms with Gasteiger partial charge in [0.05, 0.1) is 29.8 Å². The number of piperazine rings is 1. The number of carbonyl (C=O) groups is 2. The first-order chi connectivity index (χ1) is 22.1. The van der Waals surface area contributed by atoms with Crippen molar-refractivity contribution in [1.29, 1.82) is 0 Å². The van der Waals surface area contributed by atoms with Crippen LogP contribution in [0, 0.1) is 11.7 Å². The summed E-state index contributed by atoms with van der Waals surface area (Å²) in [4.78, 5) is 31.3. The molecule has 1 aromatic heterocycles. The van der Waals surface area contributed by atoms with Gasteiger partial charge < -0.3 is 15.7 Å². The summed E-state index contributed by atoms with van der Waals surface area (Å²) < 4.78 is 79.8. The van der Waals surface area contributed by atoms with E-state index < -0.39 is 52.1 Å². The molecule has 10 nitrogen and oxygen atoms in total. The second kappa shape index (κ2) is 14.0. The SMILES string of the molecule is CN(C(=O)O)[C@H](C(=O)Nc1cncc(F)c1CC[C@H]1CN[C@@H]2CCCS(O)(O)N1C2)C1(c2ccc(Cl)cc2)CCC(C(F)(F)F)CC1. The van der Waals surface area contributed by atoms with Crippen LogP contribution in [0.15, 0.2) is 36.7 Å². The normalized spacial score (nSPS) is 28.9. The maximum absolute atomic E-state index is 15.3. The van der Waals surface area contributed by atoms with Crippen molar-refractivity contribution in [1.82, 2.24) is 19.5 Å². The molecule has 2 bridgehead atoms. The zero-order valence-corrected chi connectivity index (χ0v) is 27.4. The number of pyridine rings is 1. The third kappa shape index (κ3) is 7.65. The molecule has 2 saturated heterocycles. The average Bonchev–Trinajstić information content (AvgIpc) is 3.12. The molecule has 5 N–H and O–H groups in total. The molecule has 47 heavy (non-hydrogen) atoms. The molecule has 1 aliphatic carbocycles. The highest BCUT2D eigenvalue weighted by molar-refractivity contribution is 8.22. The minimum Gasteiger partial charge on any atom is -0.465 e. The highest BCUT2D eigenvalue weighted by Gasteiger charge is 2.53. The Morgan fingerprint density at radius 1 is 1.19 bits per heavy atom. The van der Waals surface area contributed by atoms with Crippen molar-refractivity contribution >= 4 is 40.1 Å². The van der Waals surface area contributed by atoms with Gasteiger partial charge in [-0.3, -0.25) is 23.8 Å². The van der Waals surface area contributed by atoms with Gasteiger partial charge in [-0.1, -0.05) is 23.7 Å². The summed E-state index contributed by atoms with van der Waals surface area (Å²) in [5, 5.41) is 16.5. The summed E-state index contributed by atoms with van der Waals surface area (Å²) in [5.41, 5.74) is -0.790. The lowest BCUT2D eigenvalue weighted by Crippen LogP contribution is -2.58. The Bertz CT molecular complexity index is 1440. The minimum absolute atomic E-state index is 0.00172. The molecule has 3 aliphatic rings. The first-order valence-electron chi connectivity index (χ1n) is 15.6. The summed E-state index contributed by atoms with van der Waals surface area (Å²) in [7, 11) is -1.81. The quantitative estimate of drug-likeness (QED) is 0.196. The van der Waals surface area contributed by atoms with E-state index in [4.69, 9.17) is 11.6 Å². The minimum atomic E-state index is -4.44. The van der Waals surface area contributed by atoms with E-state index in [0.717, 1.165) is 17.5 Å². The molecule has 0 radical (unpaired) electrons. The van der Waals surface area contributed by atoms with Crippen molar-refractivity contribution in [3.8, 4) is 0 Å². The lowest BCUT2D eigenvalue weighted by atomic mass is 9.62. The van der Waals surface area contributed by atoms with Gasteiger partial charge >= 0.3 is 12.3 Å². The topological polar surface area (TPSA) is 138 Å². The fourth-order valence-corrected chi connectivity index (χ4v) is 9.47. The van der Waals surface area contributed by atoms with Crippen LogP contribution in [0.3, 0.4) is 0 Å². The summed E-state index contributed by atoms with van der Waals surface area (Å²) in [5.74, 6) is -2.90. The van der Waals surface area contributed by atoms with Gasteiger partial charge in [0, 0.05) is 48.2 Å². The standard InChI is InChI=1S/C31H40ClF4N5O5S/c1-40(29(43)44)27(30(19-4-6-21(32)7-5-19)12-10-20(11-13-30)31(34,35)36)28(42)39-26-17-37-16-25(33)24(26)9-8-23-15-38-22-3-2-14-47(45,46)41(23)18-22/h4-7,16-17,20,22-23,27,38,45-46H,2-3,8-15,18H2,1H3,(H,39,42)(H,43,44)/t20?,22-,23+,27-,30?/m1/s1. The van der Waals surface area contributed by atoms with Gasteiger partial charge in [0.1, 0.15) is 11.9 Å². The van der Waals surface area contributed by atoms with E-state index in [0.29, 0.717) is 36.5 Å². The number of fused-ring (bicyclic) bond motifs is 2. The van der Waals surface area contributed by atoms with Crippen LogP contribution in [0.2, 0.25) is 5.02 Å². The number of nitrogens with zero attached hydrogens (tertiary/aromatic N) is 3. The molecule has 1 saturated carbocycles. The molecule has 16 heteroatoms. The number of hydrogen-bond donors (Lipinski definition) is 5. The van der Waals surface area contributed by atoms with Crippen molar-refractivity contribution in [2.45, 2.75) is 81.1 Å². The lowest BCUT2D eigenvalue weighted by molar-refractivity contribution is -0.186. The molecule has 3 fully saturated rings. The van der Waals surface area contributed by atoms with Crippen molar-refractivity contribution in [3.63, 3.8) is 0 Å². The number of halogens is 5. The van der Waals surface area contributed by atoms with Gasteiger partial charge in [-0.25, -0.2) is 13.5 Å². The van der Waals surface area contributed by atoms with Gasteiger partial charge in [-0.15, -0.1) is 10.8 Å². The van der Waals surface area contributed by atoms with E-state index in [-0.39, 0.29) is 61.2 Å². The molecule has 0 spiro atoms. The van der Waals surface area contributed by atoms with Crippen molar-refractivity contribution in [2.75, 3.05) is 31.2 Å². The molecule has 5 rings (SSSR count). The lowest BCUT2D eigenvalue weighted by Gasteiger charge is -2.49. The van der Waals surface area contributed by atoms with Crippen LogP contribution in [-0.4, -0.2) is 90.6 Å². The van der Waals surface area contributed by atoms with Gasteiger partial charge in [0.25, 0.3) is 0 Å². The molecule has 1 unspecified atom stereocenters. The van der Waals surface area contributed by atoms with Crippen LogP contribution in [-0.2, 0) is 16.6 Å². The van der Waals surface area contributed by atoms with E-state index >= 15 is 4.39 Å². The molecular weight excluding hydrogens is 666 g/mol. The highest BCUT2D eigenvalue weighted by atomic mass is 35.5. The summed E-state index contributed by atoms with van der Waals surface area (Å²) in [6.45, 7) is 0.906. The maximum Gasteiger partial charge on any atom is 0.407 e. The number of benzene rings is 1. The number of amides is 2. The Morgan fingerprint density at radius 2 is 1.87 bits per heavy atom. The number of hydrogen-bond acceptors (Lipinski definition) is 7. The molecule has 1 aromatic carbocycles. The Morgan fingerprint density at radius 3 is 2.51 bits per heavy atom. The first kappa shape index (κ1) is 35.6. The number of nitrogens with one attached hydrogen (secondary N) is 2. The van der Waals surface area contributed by atoms with E-state index in [2.05, 4.69) is 15.6 Å². The van der Waals surface area contributed by atoms with Crippen LogP contribution in [0.25, 0.3) is 0 Å². The largest absolute Gasteiger partial charge is 0.465 e. The predicted octanol–water partition coefficient (Wildman–Crippen LogP) is 6.52. The molecule has 3 heterocycles. The van der Waals surface area contributed by atoms with Gasteiger partial charge in [0.15, 0.2) is 0 Å². The van der Waals surface area contributed by atoms with Crippen molar-refractivity contribution < 1.29 is 41.4 Å². The monoisotopic (exact) mass is 705 g/mol. The summed E-state index contributed by atoms with van der Waals surface area (Å²) in [6, 6.07) is 4.58. The summed E-state index contributed by atoms with van der Waals surface area (Å²) in [6.07, 6.45) is -2.70. The smallest absolute Gasteiger partial charge is 0.407 e. The molecule has 260 valence electrons. The molecular formula is C31H40ClF4N5O5S. The molecule has 2 aromatic rings. The van der Waals surface area contributed by atoms with Crippen LogP contribution in [0.5, 0.6) is 0 Å². The Labute approximate surface area is 277 Å². The van der Waals surface area contributed by atoms with Gasteiger partial charge in [0.2, 0.25) is 5.91 Å². The predicted molar refractivity (Wildman–Crippen MR) is 171 cm³/mol. The number of rotatable bonds is 8. The van der Waals surface area contributed by atoms with Crippen LogP contribution >= 0.6 is 22.4 Å². The van der Waals surface area contributed by atoms with E-state index in [9.17, 15) is 37.0 Å². The number of anilines is 1. The first-order valence-corrected chi connectivity index (χ1v) is 17.7.